The summed E-state index contributed by atoms with van der Waals surface area (Å²) in [5, 5.41) is 12.1. The molecule has 0 spiro atoms. The average Bonchev–Trinajstić information content (AvgIpc) is 2.80. The Kier molecular flexibility index (Phi) is 5.84. The normalized spacial score (nSPS) is 26.9. The Bertz CT molecular complexity index is 879. The Hall–Kier alpha value is -2.49. The summed E-state index contributed by atoms with van der Waals surface area (Å²) in [4.78, 5) is 6.86. The van der Waals surface area contributed by atoms with E-state index in [2.05, 4.69) is 28.6 Å². The van der Waals surface area contributed by atoms with E-state index in [9.17, 15) is 5.11 Å². The quantitative estimate of drug-likeness (QED) is 0.668. The summed E-state index contributed by atoms with van der Waals surface area (Å²) in [5.74, 6) is 1.27. The Morgan fingerprint density at radius 2 is 1.75 bits per heavy atom. The molecule has 6 rings (SSSR count). The van der Waals surface area contributed by atoms with E-state index in [1.165, 1.54) is 6.42 Å². The predicted octanol–water partition coefficient (Wildman–Crippen LogP) is 4.85. The number of aliphatic hydroxyl groups excluding tert-OH is 1. The van der Waals surface area contributed by atoms with Gasteiger partial charge in [0.15, 0.2) is 0 Å². The number of hydrogen-bond acceptors (Lipinski definition) is 3. The van der Waals surface area contributed by atoms with E-state index >= 15 is 0 Å². The standard InChI is InChI=1S/C19H22N2O.C6H6/c1-2-13-12-21-10-8-14(13)11-18(21)19(22)16-7-9-20-17-6-4-3-5-15(16)17;1-2-4-6-5-3-1/h2-7,9,13-14,18-19,22H,1,8,10-12H2;1-6H/t13-,14-,18-,19+;/m0./s1. The molecule has 0 radical (unpaired) electrons. The number of para-hydroxylation sites is 1. The van der Waals surface area contributed by atoms with Crippen LogP contribution in [0.3, 0.4) is 0 Å². The molecule has 1 unspecified atom stereocenters. The van der Waals surface area contributed by atoms with Gasteiger partial charge < -0.3 is 5.11 Å². The second kappa shape index (κ2) is 8.68. The third-order valence-corrected chi connectivity index (χ3v) is 6.19. The zero-order valence-electron chi connectivity index (χ0n) is 16.2. The fourth-order valence-electron chi connectivity index (χ4n) is 4.67. The third-order valence-electron chi connectivity index (χ3n) is 6.19. The molecule has 1 N–H and O–H groups in total. The van der Waals surface area contributed by atoms with Gasteiger partial charge in [0.25, 0.3) is 0 Å². The molecule has 1 aromatic heterocycles. The summed E-state index contributed by atoms with van der Waals surface area (Å²) in [6.45, 7) is 6.11. The molecule has 0 saturated carbocycles. The summed E-state index contributed by atoms with van der Waals surface area (Å²) in [5.41, 5.74) is 1.97. The number of fused-ring (bicyclic) bond motifs is 4. The van der Waals surface area contributed by atoms with E-state index in [1.807, 2.05) is 66.9 Å². The zero-order chi connectivity index (χ0) is 19.3. The number of hydrogen-bond donors (Lipinski definition) is 1. The van der Waals surface area contributed by atoms with Crippen molar-refractivity contribution in [2.75, 3.05) is 13.1 Å². The molecular weight excluding hydrogens is 344 g/mol. The molecule has 4 heterocycles. The Morgan fingerprint density at radius 1 is 1.04 bits per heavy atom. The Balaban J connectivity index is 0.000000275. The fraction of sp³-hybridized carbons (Fsp3) is 0.320. The van der Waals surface area contributed by atoms with Crippen LogP contribution in [0.1, 0.15) is 24.5 Å². The minimum Gasteiger partial charge on any atom is -0.387 e. The largest absolute Gasteiger partial charge is 0.387 e. The molecule has 2 bridgehead atoms. The maximum absolute atomic E-state index is 11.0. The molecule has 3 fully saturated rings. The monoisotopic (exact) mass is 372 g/mol. The molecule has 3 heteroatoms. The van der Waals surface area contributed by atoms with Gasteiger partial charge in [-0.2, -0.15) is 0 Å². The number of nitrogens with zero attached hydrogens (tertiary/aromatic N) is 2. The number of benzene rings is 2. The van der Waals surface area contributed by atoms with Gasteiger partial charge in [0, 0.05) is 24.2 Å². The van der Waals surface area contributed by atoms with E-state index in [-0.39, 0.29) is 6.04 Å². The lowest BCUT2D eigenvalue weighted by Crippen LogP contribution is -2.54. The topological polar surface area (TPSA) is 36.4 Å². The van der Waals surface area contributed by atoms with Crippen molar-refractivity contribution in [1.29, 1.82) is 0 Å². The highest BCUT2D eigenvalue weighted by Gasteiger charge is 2.42. The molecule has 3 nitrogen and oxygen atoms in total. The molecule has 3 saturated heterocycles. The first-order valence-corrected chi connectivity index (χ1v) is 10.2. The first kappa shape index (κ1) is 18.9. The lowest BCUT2D eigenvalue weighted by molar-refractivity contribution is -0.0444. The van der Waals surface area contributed by atoms with E-state index in [4.69, 9.17) is 0 Å². The van der Waals surface area contributed by atoms with Crippen molar-refractivity contribution < 1.29 is 5.11 Å². The Morgan fingerprint density at radius 3 is 2.39 bits per heavy atom. The first-order chi connectivity index (χ1) is 13.8. The van der Waals surface area contributed by atoms with Gasteiger partial charge in [0.1, 0.15) is 0 Å². The molecule has 2 aromatic carbocycles. The van der Waals surface area contributed by atoms with Crippen LogP contribution in [0.25, 0.3) is 10.9 Å². The molecule has 5 atom stereocenters. The molecule has 0 amide bonds. The highest BCUT2D eigenvalue weighted by molar-refractivity contribution is 5.82. The highest BCUT2D eigenvalue weighted by atomic mass is 16.3. The van der Waals surface area contributed by atoms with Gasteiger partial charge >= 0.3 is 0 Å². The van der Waals surface area contributed by atoms with Crippen LogP contribution in [-0.2, 0) is 0 Å². The van der Waals surface area contributed by atoms with Crippen molar-refractivity contribution in [2.24, 2.45) is 11.8 Å². The second-order valence-electron chi connectivity index (χ2n) is 7.76. The minimum atomic E-state index is -0.443. The summed E-state index contributed by atoms with van der Waals surface area (Å²) in [7, 11) is 0. The summed E-state index contributed by atoms with van der Waals surface area (Å²) in [6.07, 6.45) is 5.76. The van der Waals surface area contributed by atoms with Gasteiger partial charge in [0.05, 0.1) is 11.6 Å². The van der Waals surface area contributed by atoms with Crippen molar-refractivity contribution in [3.63, 3.8) is 0 Å². The van der Waals surface area contributed by atoms with E-state index in [1.54, 1.807) is 0 Å². The highest BCUT2D eigenvalue weighted by Crippen LogP contribution is 2.41. The average molecular weight is 373 g/mol. The van der Waals surface area contributed by atoms with Crippen LogP contribution in [0.4, 0.5) is 0 Å². The number of pyridine rings is 1. The van der Waals surface area contributed by atoms with Gasteiger partial charge in [-0.25, -0.2) is 0 Å². The molecule has 3 aliphatic rings. The smallest absolute Gasteiger partial charge is 0.0952 e. The third kappa shape index (κ3) is 3.87. The van der Waals surface area contributed by atoms with Crippen LogP contribution in [-0.4, -0.2) is 34.1 Å². The van der Waals surface area contributed by atoms with E-state index in [0.29, 0.717) is 11.8 Å². The van der Waals surface area contributed by atoms with E-state index in [0.717, 1.165) is 36.0 Å². The summed E-state index contributed by atoms with van der Waals surface area (Å²) in [6, 6.07) is 22.3. The van der Waals surface area contributed by atoms with Gasteiger partial charge in [-0.15, -0.1) is 6.58 Å². The van der Waals surface area contributed by atoms with Crippen LogP contribution in [0.2, 0.25) is 0 Å². The van der Waals surface area contributed by atoms with Gasteiger partial charge in [0.2, 0.25) is 0 Å². The second-order valence-corrected chi connectivity index (χ2v) is 7.76. The Labute approximate surface area is 167 Å². The molecule has 3 aliphatic heterocycles. The van der Waals surface area contributed by atoms with Crippen molar-refractivity contribution in [3.8, 4) is 0 Å². The van der Waals surface area contributed by atoms with Crippen molar-refractivity contribution in [3.05, 3.63) is 91.1 Å². The van der Waals surface area contributed by atoms with Gasteiger partial charge in [-0.3, -0.25) is 9.88 Å². The molecular formula is C25H28N2O. The van der Waals surface area contributed by atoms with Crippen molar-refractivity contribution in [1.82, 2.24) is 9.88 Å². The fourth-order valence-corrected chi connectivity index (χ4v) is 4.67. The zero-order valence-corrected chi connectivity index (χ0v) is 16.2. The van der Waals surface area contributed by atoms with Gasteiger partial charge in [-0.1, -0.05) is 60.7 Å². The summed E-state index contributed by atoms with van der Waals surface area (Å²) < 4.78 is 0. The molecule has 144 valence electrons. The van der Waals surface area contributed by atoms with E-state index < -0.39 is 6.10 Å². The van der Waals surface area contributed by atoms with Gasteiger partial charge in [-0.05, 0) is 48.9 Å². The van der Waals surface area contributed by atoms with Crippen LogP contribution >= 0.6 is 0 Å². The maximum Gasteiger partial charge on any atom is 0.0952 e. The molecule has 3 aromatic rings. The lowest BCUT2D eigenvalue weighted by atomic mass is 9.73. The minimum absolute atomic E-state index is 0.223. The maximum atomic E-state index is 11.0. The summed E-state index contributed by atoms with van der Waals surface area (Å²) >= 11 is 0. The number of aromatic nitrogens is 1. The van der Waals surface area contributed by atoms with Crippen molar-refractivity contribution >= 4 is 10.9 Å². The predicted molar refractivity (Wildman–Crippen MR) is 115 cm³/mol. The molecule has 0 aliphatic carbocycles. The SMILES string of the molecule is C=C[C@H]1CN2CC[C@H]1C[C@H]2[C@H](O)c1ccnc2ccccc12.c1ccccc1. The van der Waals surface area contributed by atoms with Crippen molar-refractivity contribution in [2.45, 2.75) is 25.0 Å². The number of piperidine rings is 3. The van der Waals surface area contributed by atoms with Crippen LogP contribution in [0.5, 0.6) is 0 Å². The first-order valence-electron chi connectivity index (χ1n) is 10.2. The van der Waals surface area contributed by atoms with Crippen LogP contribution < -0.4 is 0 Å². The number of aliphatic hydroxyl groups is 1. The van der Waals surface area contributed by atoms with Crippen LogP contribution in [0.15, 0.2) is 85.6 Å². The lowest BCUT2D eigenvalue weighted by Gasteiger charge is -2.50. The van der Waals surface area contributed by atoms with Crippen LogP contribution in [0, 0.1) is 11.8 Å². The number of rotatable bonds is 3. The molecule has 28 heavy (non-hydrogen) atoms.